The number of alkyl halides is 1. The topological polar surface area (TPSA) is 0 Å². The van der Waals surface area contributed by atoms with E-state index in [2.05, 4.69) is 19.1 Å². The van der Waals surface area contributed by atoms with E-state index in [9.17, 15) is 0 Å². The number of allylic oxidation sites excluding steroid dienone is 2. The Balaban J connectivity index is 2.95. The minimum Gasteiger partial charge on any atom is -0.127 e. The van der Waals surface area contributed by atoms with Crippen LogP contribution in [-0.4, -0.2) is 5.88 Å². The number of rotatable bonds is 15. The van der Waals surface area contributed by atoms with Crippen molar-refractivity contribution in [3.05, 3.63) is 12.2 Å². The van der Waals surface area contributed by atoms with E-state index >= 15 is 0 Å². The van der Waals surface area contributed by atoms with Gasteiger partial charge >= 0.3 is 0 Å². The molecule has 0 atom stereocenters. The van der Waals surface area contributed by atoms with E-state index in [0.717, 1.165) is 5.88 Å². The lowest BCUT2D eigenvalue weighted by atomic mass is 10.1. The summed E-state index contributed by atoms with van der Waals surface area (Å²) < 4.78 is 0. The van der Waals surface area contributed by atoms with E-state index in [1.165, 1.54) is 89.9 Å². The zero-order chi connectivity index (χ0) is 14.0. The first kappa shape index (κ1) is 19.0. The molecule has 0 unspecified atom stereocenters. The van der Waals surface area contributed by atoms with Gasteiger partial charge in [0.1, 0.15) is 0 Å². The van der Waals surface area contributed by atoms with Crippen LogP contribution in [-0.2, 0) is 0 Å². The summed E-state index contributed by atoms with van der Waals surface area (Å²) in [6, 6.07) is 0. The Hall–Kier alpha value is 0.0300. The predicted molar refractivity (Wildman–Crippen MR) is 90.2 cm³/mol. The van der Waals surface area contributed by atoms with Crippen LogP contribution in [0.4, 0.5) is 0 Å². The lowest BCUT2D eigenvalue weighted by Crippen LogP contribution is -1.83. The highest BCUT2D eigenvalue weighted by Crippen LogP contribution is 2.12. The lowest BCUT2D eigenvalue weighted by Gasteiger charge is -2.02. The van der Waals surface area contributed by atoms with Gasteiger partial charge in [0.15, 0.2) is 0 Å². The predicted octanol–water partition coefficient (Wildman–Crippen LogP) is 7.26. The fourth-order valence-corrected chi connectivity index (χ4v) is 2.54. The first-order valence-corrected chi connectivity index (χ1v) is 9.16. The van der Waals surface area contributed by atoms with Gasteiger partial charge in [-0.1, -0.05) is 83.3 Å². The second-order valence-corrected chi connectivity index (χ2v) is 6.00. The van der Waals surface area contributed by atoms with Gasteiger partial charge in [0.25, 0.3) is 0 Å². The van der Waals surface area contributed by atoms with E-state index in [4.69, 9.17) is 11.6 Å². The molecule has 0 rings (SSSR count). The first-order valence-electron chi connectivity index (χ1n) is 8.62. The third-order valence-electron chi connectivity index (χ3n) is 3.63. The van der Waals surface area contributed by atoms with Crippen LogP contribution < -0.4 is 0 Å². The molecule has 1 heteroatoms. The highest BCUT2D eigenvalue weighted by molar-refractivity contribution is 6.17. The Morgan fingerprint density at radius 3 is 1.47 bits per heavy atom. The summed E-state index contributed by atoms with van der Waals surface area (Å²) in [6.45, 7) is 2.24. The van der Waals surface area contributed by atoms with Gasteiger partial charge < -0.3 is 0 Å². The molecule has 0 heterocycles. The molecule has 0 aromatic rings. The third-order valence-corrected chi connectivity index (χ3v) is 3.89. The molecule has 0 bridgehead atoms. The molecule has 0 radical (unpaired) electrons. The SMILES string of the molecule is CCC/C=C\CCCCCCCCCCCCCCl. The molecule has 0 aromatic heterocycles. The molecule has 0 aliphatic heterocycles. The molecule has 0 spiro atoms. The maximum absolute atomic E-state index is 5.66. The summed E-state index contributed by atoms with van der Waals surface area (Å²) in [4.78, 5) is 0. The highest BCUT2D eigenvalue weighted by atomic mass is 35.5. The molecule has 0 aromatic carbocycles. The van der Waals surface area contributed by atoms with Crippen molar-refractivity contribution >= 4 is 11.6 Å². The number of halogens is 1. The van der Waals surface area contributed by atoms with Gasteiger partial charge in [-0.15, -0.1) is 11.6 Å². The summed E-state index contributed by atoms with van der Waals surface area (Å²) in [5, 5.41) is 0. The second-order valence-electron chi connectivity index (χ2n) is 5.63. The van der Waals surface area contributed by atoms with Crippen LogP contribution in [0, 0.1) is 0 Å². The monoisotopic (exact) mass is 286 g/mol. The van der Waals surface area contributed by atoms with E-state index < -0.39 is 0 Å². The summed E-state index contributed by atoms with van der Waals surface area (Å²) in [6.07, 6.45) is 23.9. The number of hydrogen-bond donors (Lipinski definition) is 0. The van der Waals surface area contributed by atoms with Crippen LogP contribution in [0.5, 0.6) is 0 Å². The molecule has 0 saturated heterocycles. The summed E-state index contributed by atoms with van der Waals surface area (Å²) in [5.41, 5.74) is 0. The first-order chi connectivity index (χ1) is 9.41. The zero-order valence-electron chi connectivity index (χ0n) is 13.1. The molecular weight excluding hydrogens is 252 g/mol. The van der Waals surface area contributed by atoms with Crippen LogP contribution in [0.15, 0.2) is 12.2 Å². The molecular formula is C18H35Cl. The van der Waals surface area contributed by atoms with Crippen molar-refractivity contribution in [2.45, 2.75) is 96.8 Å². The van der Waals surface area contributed by atoms with Crippen molar-refractivity contribution < 1.29 is 0 Å². The average molecular weight is 287 g/mol. The smallest absolute Gasteiger partial charge is 0.0223 e. The molecule has 0 aliphatic rings. The van der Waals surface area contributed by atoms with Gasteiger partial charge in [0, 0.05) is 5.88 Å². The van der Waals surface area contributed by atoms with Gasteiger partial charge in [-0.05, 0) is 25.7 Å². The molecule has 0 fully saturated rings. The van der Waals surface area contributed by atoms with Crippen LogP contribution in [0.3, 0.4) is 0 Å². The maximum atomic E-state index is 5.66. The third kappa shape index (κ3) is 18.0. The minimum absolute atomic E-state index is 0.841. The highest BCUT2D eigenvalue weighted by Gasteiger charge is 1.92. The van der Waals surface area contributed by atoms with E-state index in [1.807, 2.05) is 0 Å². The molecule has 0 aliphatic carbocycles. The summed E-state index contributed by atoms with van der Waals surface area (Å²) in [7, 11) is 0. The Bertz CT molecular complexity index is 175. The van der Waals surface area contributed by atoms with E-state index in [-0.39, 0.29) is 0 Å². The molecule has 19 heavy (non-hydrogen) atoms. The molecule has 114 valence electrons. The van der Waals surface area contributed by atoms with Crippen molar-refractivity contribution in [3.63, 3.8) is 0 Å². The Kier molecular flexibility index (Phi) is 18.1. The van der Waals surface area contributed by atoms with E-state index in [1.54, 1.807) is 0 Å². The molecule has 0 N–H and O–H groups in total. The molecule has 0 amide bonds. The van der Waals surface area contributed by atoms with Gasteiger partial charge in [-0.25, -0.2) is 0 Å². The van der Waals surface area contributed by atoms with Crippen LogP contribution >= 0.6 is 11.6 Å². The van der Waals surface area contributed by atoms with Crippen LogP contribution in [0.2, 0.25) is 0 Å². The Morgan fingerprint density at radius 1 is 0.579 bits per heavy atom. The molecule has 0 nitrogen and oxygen atoms in total. The Morgan fingerprint density at radius 2 is 1.00 bits per heavy atom. The van der Waals surface area contributed by atoms with Crippen LogP contribution in [0.1, 0.15) is 96.8 Å². The second kappa shape index (κ2) is 18.0. The number of hydrogen-bond acceptors (Lipinski definition) is 0. The van der Waals surface area contributed by atoms with E-state index in [0.29, 0.717) is 0 Å². The summed E-state index contributed by atoms with van der Waals surface area (Å²) >= 11 is 5.66. The van der Waals surface area contributed by atoms with Crippen LogP contribution in [0.25, 0.3) is 0 Å². The van der Waals surface area contributed by atoms with Crippen molar-refractivity contribution in [2.24, 2.45) is 0 Å². The van der Waals surface area contributed by atoms with Gasteiger partial charge in [0.2, 0.25) is 0 Å². The fourth-order valence-electron chi connectivity index (χ4n) is 2.35. The standard InChI is InChI=1S/C18H35Cl/c1-2-3-4-5-6-7-8-9-10-11-12-13-14-15-16-17-18-19/h4-5H,2-3,6-18H2,1H3/b5-4-. The van der Waals surface area contributed by atoms with Crippen molar-refractivity contribution in [2.75, 3.05) is 5.88 Å². The van der Waals surface area contributed by atoms with Crippen molar-refractivity contribution in [3.8, 4) is 0 Å². The maximum Gasteiger partial charge on any atom is 0.0223 e. The van der Waals surface area contributed by atoms with Gasteiger partial charge in [-0.2, -0.15) is 0 Å². The lowest BCUT2D eigenvalue weighted by molar-refractivity contribution is 0.551. The Labute approximate surface area is 127 Å². The quantitative estimate of drug-likeness (QED) is 0.169. The van der Waals surface area contributed by atoms with Gasteiger partial charge in [0.05, 0.1) is 0 Å². The van der Waals surface area contributed by atoms with Crippen molar-refractivity contribution in [1.82, 2.24) is 0 Å². The average Bonchev–Trinajstić information content (AvgIpc) is 2.43. The van der Waals surface area contributed by atoms with Crippen molar-refractivity contribution in [1.29, 1.82) is 0 Å². The molecule has 0 saturated carbocycles. The number of unbranched alkanes of at least 4 members (excludes halogenated alkanes) is 12. The van der Waals surface area contributed by atoms with Gasteiger partial charge in [-0.3, -0.25) is 0 Å². The summed E-state index contributed by atoms with van der Waals surface area (Å²) in [5.74, 6) is 0.841. The minimum atomic E-state index is 0.841. The fraction of sp³-hybridized carbons (Fsp3) is 0.889. The largest absolute Gasteiger partial charge is 0.127 e. The normalized spacial score (nSPS) is 11.5. The zero-order valence-corrected chi connectivity index (χ0v) is 13.9.